The third-order valence-corrected chi connectivity index (χ3v) is 3.67. The van der Waals surface area contributed by atoms with E-state index in [1.165, 1.54) is 18.3 Å². The van der Waals surface area contributed by atoms with Crippen molar-refractivity contribution in [3.8, 4) is 0 Å². The van der Waals surface area contributed by atoms with Crippen LogP contribution in [0.3, 0.4) is 0 Å². The summed E-state index contributed by atoms with van der Waals surface area (Å²) >= 11 is 0. The number of carbonyl (C=O) groups excluding carboxylic acids is 1. The van der Waals surface area contributed by atoms with Crippen LogP contribution < -0.4 is 0 Å². The highest BCUT2D eigenvalue weighted by Crippen LogP contribution is 2.24. The number of carboxylic acids is 1. The molecule has 1 amide bonds. The molecule has 1 aliphatic heterocycles. The number of aromatic nitrogens is 1. The fraction of sp³-hybridized carbons (Fsp3) is 0.500. The summed E-state index contributed by atoms with van der Waals surface area (Å²) in [5, 5.41) is 8.81. The van der Waals surface area contributed by atoms with Gasteiger partial charge in [0.25, 0.3) is 5.91 Å². The van der Waals surface area contributed by atoms with E-state index in [9.17, 15) is 9.59 Å². The molecule has 2 rings (SSSR count). The Morgan fingerprint density at radius 2 is 2.20 bits per heavy atom. The van der Waals surface area contributed by atoms with Gasteiger partial charge in [-0.15, -0.1) is 0 Å². The number of carboxylic acid groups (broad SMARTS) is 1. The standard InChI is InChI=1S/C14H18N2O4/c1-14(20-2)6-3-7-16(9-14)12(17)11-5-4-10(8-15-11)13(18)19/h4-5,8H,3,6-7,9H2,1-2H3,(H,18,19). The first-order chi connectivity index (χ1) is 9.45. The molecule has 0 aromatic carbocycles. The zero-order chi connectivity index (χ0) is 14.8. The summed E-state index contributed by atoms with van der Waals surface area (Å²) in [5.41, 5.74) is 0.00632. The van der Waals surface area contributed by atoms with Crippen LogP contribution >= 0.6 is 0 Å². The number of pyridine rings is 1. The minimum absolute atomic E-state index is 0.0712. The summed E-state index contributed by atoms with van der Waals surface area (Å²) in [6.45, 7) is 3.16. The molecule has 0 saturated carbocycles. The van der Waals surface area contributed by atoms with Crippen LogP contribution in [0.4, 0.5) is 0 Å². The van der Waals surface area contributed by atoms with E-state index in [1.807, 2.05) is 6.92 Å². The lowest BCUT2D eigenvalue weighted by Crippen LogP contribution is -2.49. The zero-order valence-electron chi connectivity index (χ0n) is 11.6. The monoisotopic (exact) mass is 278 g/mol. The number of hydrogen-bond acceptors (Lipinski definition) is 4. The van der Waals surface area contributed by atoms with Crippen LogP contribution in [0.5, 0.6) is 0 Å². The van der Waals surface area contributed by atoms with Gasteiger partial charge in [-0.25, -0.2) is 4.79 Å². The van der Waals surface area contributed by atoms with Crippen molar-refractivity contribution in [2.75, 3.05) is 20.2 Å². The van der Waals surface area contributed by atoms with Crippen molar-refractivity contribution in [1.82, 2.24) is 9.88 Å². The predicted molar refractivity (Wildman–Crippen MR) is 71.7 cm³/mol. The lowest BCUT2D eigenvalue weighted by Gasteiger charge is -2.39. The first kappa shape index (κ1) is 14.5. The van der Waals surface area contributed by atoms with Crippen LogP contribution in [0.25, 0.3) is 0 Å². The van der Waals surface area contributed by atoms with Gasteiger partial charge < -0.3 is 14.7 Å². The van der Waals surface area contributed by atoms with Gasteiger partial charge in [-0.05, 0) is 31.9 Å². The van der Waals surface area contributed by atoms with Crippen molar-refractivity contribution in [3.05, 3.63) is 29.6 Å². The quantitative estimate of drug-likeness (QED) is 0.904. The van der Waals surface area contributed by atoms with Gasteiger partial charge in [0.15, 0.2) is 0 Å². The van der Waals surface area contributed by atoms with Crippen LogP contribution in [0.1, 0.15) is 40.6 Å². The second-order valence-electron chi connectivity index (χ2n) is 5.22. The number of rotatable bonds is 3. The topological polar surface area (TPSA) is 79.7 Å². The molecule has 108 valence electrons. The molecule has 0 bridgehead atoms. The van der Waals surface area contributed by atoms with E-state index < -0.39 is 5.97 Å². The lowest BCUT2D eigenvalue weighted by atomic mass is 9.94. The zero-order valence-corrected chi connectivity index (χ0v) is 11.6. The Morgan fingerprint density at radius 3 is 2.75 bits per heavy atom. The molecule has 0 spiro atoms. The molecule has 1 aromatic heterocycles. The normalized spacial score (nSPS) is 22.6. The Morgan fingerprint density at radius 1 is 1.45 bits per heavy atom. The van der Waals surface area contributed by atoms with Gasteiger partial charge in [0, 0.05) is 26.4 Å². The number of hydrogen-bond donors (Lipinski definition) is 1. The molecule has 20 heavy (non-hydrogen) atoms. The number of amides is 1. The highest BCUT2D eigenvalue weighted by molar-refractivity contribution is 5.93. The molecule has 1 N–H and O–H groups in total. The number of likely N-dealkylation sites (tertiary alicyclic amines) is 1. The van der Waals surface area contributed by atoms with Gasteiger partial charge in [-0.1, -0.05) is 0 Å². The first-order valence-corrected chi connectivity index (χ1v) is 6.49. The highest BCUT2D eigenvalue weighted by Gasteiger charge is 2.33. The van der Waals surface area contributed by atoms with Crippen LogP contribution in [0.2, 0.25) is 0 Å². The third-order valence-electron chi connectivity index (χ3n) is 3.67. The van der Waals surface area contributed by atoms with Gasteiger partial charge in [-0.3, -0.25) is 9.78 Å². The maximum absolute atomic E-state index is 12.3. The molecule has 6 heteroatoms. The molecule has 1 aliphatic rings. The van der Waals surface area contributed by atoms with Crippen LogP contribution in [0.15, 0.2) is 18.3 Å². The maximum Gasteiger partial charge on any atom is 0.337 e. The minimum Gasteiger partial charge on any atom is -0.478 e. The summed E-state index contributed by atoms with van der Waals surface area (Å²) < 4.78 is 5.45. The molecule has 1 saturated heterocycles. The molecular formula is C14H18N2O4. The summed E-state index contributed by atoms with van der Waals surface area (Å²) in [7, 11) is 1.65. The predicted octanol–water partition coefficient (Wildman–Crippen LogP) is 1.42. The van der Waals surface area contributed by atoms with E-state index in [1.54, 1.807) is 12.0 Å². The third kappa shape index (κ3) is 2.96. The van der Waals surface area contributed by atoms with Crippen LogP contribution in [0, 0.1) is 0 Å². The Balaban J connectivity index is 2.12. The van der Waals surface area contributed by atoms with Crippen LogP contribution in [-0.2, 0) is 4.74 Å². The second-order valence-corrected chi connectivity index (χ2v) is 5.22. The van der Waals surface area contributed by atoms with E-state index >= 15 is 0 Å². The van der Waals surface area contributed by atoms with E-state index in [2.05, 4.69) is 4.98 Å². The van der Waals surface area contributed by atoms with Crippen molar-refractivity contribution in [2.45, 2.75) is 25.4 Å². The van der Waals surface area contributed by atoms with E-state index in [0.717, 1.165) is 12.8 Å². The molecule has 1 unspecified atom stereocenters. The molecule has 0 radical (unpaired) electrons. The Labute approximate surface area is 117 Å². The Kier molecular flexibility index (Phi) is 4.04. The number of ether oxygens (including phenoxy) is 1. The highest BCUT2D eigenvalue weighted by atomic mass is 16.5. The second kappa shape index (κ2) is 5.58. The summed E-state index contributed by atoms with van der Waals surface area (Å²) in [5.74, 6) is -1.24. The van der Waals surface area contributed by atoms with Gasteiger partial charge in [0.2, 0.25) is 0 Å². The van der Waals surface area contributed by atoms with Gasteiger partial charge >= 0.3 is 5.97 Å². The van der Waals surface area contributed by atoms with E-state index in [-0.39, 0.29) is 22.8 Å². The van der Waals surface area contributed by atoms with Crippen molar-refractivity contribution in [3.63, 3.8) is 0 Å². The largest absolute Gasteiger partial charge is 0.478 e. The summed E-state index contributed by atoms with van der Waals surface area (Å²) in [6.07, 6.45) is 3.00. The minimum atomic E-state index is -1.05. The fourth-order valence-electron chi connectivity index (χ4n) is 2.35. The van der Waals surface area contributed by atoms with E-state index in [0.29, 0.717) is 13.1 Å². The Hall–Kier alpha value is -1.95. The number of carbonyl (C=O) groups is 2. The average Bonchev–Trinajstić information content (AvgIpc) is 2.46. The number of methoxy groups -OCH3 is 1. The van der Waals surface area contributed by atoms with E-state index in [4.69, 9.17) is 9.84 Å². The number of aromatic carboxylic acids is 1. The van der Waals surface area contributed by atoms with Crippen molar-refractivity contribution >= 4 is 11.9 Å². The maximum atomic E-state index is 12.3. The molecule has 2 heterocycles. The summed E-state index contributed by atoms with van der Waals surface area (Å²) in [4.78, 5) is 28.7. The molecular weight excluding hydrogens is 260 g/mol. The summed E-state index contributed by atoms with van der Waals surface area (Å²) in [6, 6.07) is 2.84. The molecule has 6 nitrogen and oxygen atoms in total. The van der Waals surface area contributed by atoms with Crippen LogP contribution in [-0.4, -0.2) is 52.7 Å². The number of nitrogens with zero attached hydrogens (tertiary/aromatic N) is 2. The van der Waals surface area contributed by atoms with Gasteiger partial charge in [0.1, 0.15) is 5.69 Å². The average molecular weight is 278 g/mol. The van der Waals surface area contributed by atoms with Crippen molar-refractivity contribution in [2.24, 2.45) is 0 Å². The Bertz CT molecular complexity index is 514. The fourth-order valence-corrected chi connectivity index (χ4v) is 2.35. The van der Waals surface area contributed by atoms with Crippen molar-refractivity contribution < 1.29 is 19.4 Å². The molecule has 1 atom stereocenters. The van der Waals surface area contributed by atoms with Gasteiger partial charge in [0.05, 0.1) is 11.2 Å². The molecule has 1 aromatic rings. The van der Waals surface area contributed by atoms with Gasteiger partial charge in [-0.2, -0.15) is 0 Å². The molecule has 0 aliphatic carbocycles. The number of piperidine rings is 1. The SMILES string of the molecule is COC1(C)CCCN(C(=O)c2ccc(C(=O)O)cn2)C1. The molecule has 1 fully saturated rings. The lowest BCUT2D eigenvalue weighted by molar-refractivity contribution is -0.0441. The van der Waals surface area contributed by atoms with Crippen molar-refractivity contribution in [1.29, 1.82) is 0 Å². The first-order valence-electron chi connectivity index (χ1n) is 6.49. The smallest absolute Gasteiger partial charge is 0.337 e.